The highest BCUT2D eigenvalue weighted by Gasteiger charge is 2.28. The van der Waals surface area contributed by atoms with Crippen molar-refractivity contribution in [1.82, 2.24) is 10.2 Å². The molecule has 274 valence electrons. The van der Waals surface area contributed by atoms with Gasteiger partial charge in [-0.3, -0.25) is 4.79 Å². The van der Waals surface area contributed by atoms with E-state index in [1.54, 1.807) is 18.2 Å². The summed E-state index contributed by atoms with van der Waals surface area (Å²) in [6.45, 7) is 7.64. The minimum Gasteiger partial charge on any atom is -0.493 e. The van der Waals surface area contributed by atoms with Crippen molar-refractivity contribution in [3.63, 3.8) is 0 Å². The number of fused-ring (bicyclic) bond motifs is 1. The second-order valence-electron chi connectivity index (χ2n) is 13.8. The number of carbonyl (C=O) groups is 1. The van der Waals surface area contributed by atoms with E-state index in [2.05, 4.69) is 65.7 Å². The Bertz CT molecular complexity index is 1980. The Morgan fingerprint density at radius 3 is 2.45 bits per heavy atom. The fourth-order valence-corrected chi connectivity index (χ4v) is 7.29. The monoisotopic (exact) mass is 731 g/mol. The Labute approximate surface area is 317 Å². The number of likely N-dealkylation sites (tertiary alicyclic amines) is 1. The number of nitrogens with zero attached hydrogens (tertiary/aromatic N) is 3. The van der Waals surface area contributed by atoms with E-state index in [1.807, 2.05) is 12.1 Å². The molecule has 2 aliphatic rings. The highest BCUT2D eigenvalue weighted by atomic mass is 35.5. The van der Waals surface area contributed by atoms with E-state index in [-0.39, 0.29) is 18.6 Å². The van der Waals surface area contributed by atoms with E-state index in [4.69, 9.17) is 31.5 Å². The first-order valence-electron chi connectivity index (χ1n) is 18.4. The summed E-state index contributed by atoms with van der Waals surface area (Å²) in [6.07, 6.45) is 5.65. The average molecular weight is 732 g/mol. The maximum Gasteiger partial charge on any atom is 0.217 e. The minimum absolute atomic E-state index is 0.146. The summed E-state index contributed by atoms with van der Waals surface area (Å²) in [5.74, 6) is 1.72. The number of primary amides is 1. The quantitative estimate of drug-likeness (QED) is 0.0987. The van der Waals surface area contributed by atoms with Crippen LogP contribution in [0, 0.1) is 29.6 Å². The number of carbonyl (C=O) groups excluding carboxylic acids is 1. The predicted molar refractivity (Wildman–Crippen MR) is 206 cm³/mol. The van der Waals surface area contributed by atoms with Gasteiger partial charge >= 0.3 is 0 Å². The largest absolute Gasteiger partial charge is 0.493 e. The van der Waals surface area contributed by atoms with Gasteiger partial charge in [0.05, 0.1) is 34.9 Å². The van der Waals surface area contributed by atoms with Gasteiger partial charge in [-0.15, -0.1) is 0 Å². The molecule has 1 fully saturated rings. The zero-order chi connectivity index (χ0) is 37.2. The number of halogens is 1. The summed E-state index contributed by atoms with van der Waals surface area (Å²) in [4.78, 5) is 13.6. The lowest BCUT2D eigenvalue weighted by molar-refractivity contribution is -0.118. The molecular weight excluding hydrogens is 686 g/mol. The Balaban J connectivity index is 1.19. The number of nitrogens with two attached hydrogens (primary N) is 1. The molecule has 3 N–H and O–H groups in total. The lowest BCUT2D eigenvalue weighted by Crippen LogP contribution is -2.38. The number of amides is 1. The molecule has 1 aliphatic heterocycles. The summed E-state index contributed by atoms with van der Waals surface area (Å²) in [7, 11) is 0. The topological polar surface area (TPSA) is 134 Å². The first-order chi connectivity index (χ1) is 25.8. The van der Waals surface area contributed by atoms with Crippen LogP contribution in [0.5, 0.6) is 17.2 Å². The van der Waals surface area contributed by atoms with Crippen LogP contribution < -0.4 is 25.3 Å². The third kappa shape index (κ3) is 9.68. The summed E-state index contributed by atoms with van der Waals surface area (Å²) in [5, 5.41) is 22.8. The zero-order valence-corrected chi connectivity index (χ0v) is 31.0. The number of nitrogens with one attached hydrogen (secondary N) is 1. The van der Waals surface area contributed by atoms with E-state index in [9.17, 15) is 15.3 Å². The lowest BCUT2D eigenvalue weighted by atomic mass is 9.93. The molecule has 1 aliphatic carbocycles. The van der Waals surface area contributed by atoms with Gasteiger partial charge in [-0.05, 0) is 129 Å². The molecule has 0 unspecified atom stereocenters. The van der Waals surface area contributed by atoms with Crippen LogP contribution in [0.25, 0.3) is 11.1 Å². The Morgan fingerprint density at radius 2 is 1.72 bits per heavy atom. The van der Waals surface area contributed by atoms with E-state index in [0.29, 0.717) is 65.8 Å². The van der Waals surface area contributed by atoms with Gasteiger partial charge in [0.15, 0.2) is 0 Å². The van der Waals surface area contributed by atoms with Crippen molar-refractivity contribution in [2.45, 2.75) is 71.1 Å². The van der Waals surface area contributed by atoms with Crippen LogP contribution in [0.15, 0.2) is 66.7 Å². The van der Waals surface area contributed by atoms with Gasteiger partial charge in [-0.2, -0.15) is 10.5 Å². The van der Waals surface area contributed by atoms with Crippen LogP contribution in [-0.4, -0.2) is 43.6 Å². The van der Waals surface area contributed by atoms with E-state index < -0.39 is 0 Å². The highest BCUT2D eigenvalue weighted by molar-refractivity contribution is 6.32. The highest BCUT2D eigenvalue weighted by Crippen LogP contribution is 2.44. The molecular formula is C43H46ClN5O4. The fraction of sp³-hybridized carbons (Fsp3) is 0.372. The summed E-state index contributed by atoms with van der Waals surface area (Å²) in [6, 6.07) is 25.6. The molecule has 0 bridgehead atoms. The molecule has 4 aromatic carbocycles. The predicted octanol–water partition coefficient (Wildman–Crippen LogP) is 7.92. The number of nitriles is 2. The van der Waals surface area contributed by atoms with Crippen molar-refractivity contribution in [3.05, 3.63) is 111 Å². The van der Waals surface area contributed by atoms with E-state index in [0.717, 1.165) is 54.7 Å². The molecule has 1 heterocycles. The molecule has 0 radical (unpaired) electrons. The number of ether oxygens (including phenoxy) is 3. The number of rotatable bonds is 18. The maximum atomic E-state index is 11.1. The first kappa shape index (κ1) is 37.7. The number of unbranched alkanes of at least 4 members (excludes halogenated alkanes) is 1. The van der Waals surface area contributed by atoms with Crippen LogP contribution in [0.3, 0.4) is 0 Å². The van der Waals surface area contributed by atoms with Gasteiger partial charge in [0, 0.05) is 31.1 Å². The van der Waals surface area contributed by atoms with Crippen molar-refractivity contribution in [3.8, 4) is 40.5 Å². The smallest absolute Gasteiger partial charge is 0.217 e. The normalized spacial score (nSPS) is 14.8. The van der Waals surface area contributed by atoms with Crippen LogP contribution in [0.2, 0.25) is 5.02 Å². The maximum absolute atomic E-state index is 11.1. The standard InChI is InChI=1S/C43H46ClN5O4/c1-29-34(8-5-11-39(29)51-19-7-18-49-16-6-17-49)35-9-4-10-37-36(35)13-14-40(37)53-42-24-41(52-28-32-21-30(25-45)20-31(22-32)26-46)33(23-38(42)44)27-48-15-3-2-12-43(47)50/h4-5,8-11,20-24,40,48H,2-3,6-7,12-19,27-28H2,1H3,(H2,47,50)/t40-/m0/s1. The molecule has 0 aromatic heterocycles. The fourth-order valence-electron chi connectivity index (χ4n) is 7.06. The molecule has 6 rings (SSSR count). The average Bonchev–Trinajstić information content (AvgIpc) is 3.55. The van der Waals surface area contributed by atoms with Crippen molar-refractivity contribution in [2.75, 3.05) is 32.8 Å². The lowest BCUT2D eigenvalue weighted by Gasteiger charge is -2.30. The van der Waals surface area contributed by atoms with Gasteiger partial charge < -0.3 is 30.2 Å². The van der Waals surface area contributed by atoms with Crippen molar-refractivity contribution >= 4 is 17.5 Å². The van der Waals surface area contributed by atoms with Gasteiger partial charge in [-0.1, -0.05) is 41.9 Å². The third-order valence-electron chi connectivity index (χ3n) is 9.99. The van der Waals surface area contributed by atoms with Crippen LogP contribution >= 0.6 is 11.6 Å². The Morgan fingerprint density at radius 1 is 0.943 bits per heavy atom. The molecule has 1 atom stereocenters. The van der Waals surface area contributed by atoms with Crippen LogP contribution in [0.1, 0.15) is 83.6 Å². The second-order valence-corrected chi connectivity index (χ2v) is 14.2. The van der Waals surface area contributed by atoms with Gasteiger partial charge in [-0.25, -0.2) is 0 Å². The van der Waals surface area contributed by atoms with Crippen LogP contribution in [0.4, 0.5) is 0 Å². The molecule has 53 heavy (non-hydrogen) atoms. The van der Waals surface area contributed by atoms with Gasteiger partial charge in [0.2, 0.25) is 5.91 Å². The SMILES string of the molecule is Cc1c(OCCCN2CCC2)cccc1-c1cccc2c1CC[C@@H]2Oc1cc(OCc2cc(C#N)cc(C#N)c2)c(CNCCCCC(N)=O)cc1Cl. The van der Waals surface area contributed by atoms with Gasteiger partial charge in [0.1, 0.15) is 30.0 Å². The molecule has 0 spiro atoms. The molecule has 1 amide bonds. The van der Waals surface area contributed by atoms with Crippen molar-refractivity contribution in [1.29, 1.82) is 10.5 Å². The van der Waals surface area contributed by atoms with Crippen molar-refractivity contribution in [2.24, 2.45) is 5.73 Å². The molecule has 4 aromatic rings. The van der Waals surface area contributed by atoms with E-state index >= 15 is 0 Å². The summed E-state index contributed by atoms with van der Waals surface area (Å²) >= 11 is 6.90. The second kappa shape index (κ2) is 18.1. The first-order valence-corrected chi connectivity index (χ1v) is 18.8. The Hall–Kier alpha value is -5.06. The number of benzene rings is 4. The third-order valence-corrected chi connectivity index (χ3v) is 10.3. The summed E-state index contributed by atoms with van der Waals surface area (Å²) < 4.78 is 19.3. The molecule has 1 saturated heterocycles. The molecule has 0 saturated carbocycles. The number of hydrogen-bond donors (Lipinski definition) is 2. The van der Waals surface area contributed by atoms with E-state index in [1.165, 1.54) is 36.2 Å². The number of hydrogen-bond acceptors (Lipinski definition) is 8. The van der Waals surface area contributed by atoms with Crippen LogP contribution in [-0.2, 0) is 24.4 Å². The van der Waals surface area contributed by atoms with Crippen molar-refractivity contribution < 1.29 is 19.0 Å². The Kier molecular flexibility index (Phi) is 12.9. The zero-order valence-electron chi connectivity index (χ0n) is 30.3. The minimum atomic E-state index is -0.304. The molecule has 10 heteroatoms. The molecule has 9 nitrogen and oxygen atoms in total. The van der Waals surface area contributed by atoms with Gasteiger partial charge in [0.25, 0.3) is 0 Å². The summed E-state index contributed by atoms with van der Waals surface area (Å²) in [5.41, 5.74) is 13.5.